The molecule has 1 aromatic heterocycles. The average Bonchev–Trinajstić information content (AvgIpc) is 2.18. The van der Waals surface area contributed by atoms with Crippen molar-refractivity contribution in [2.24, 2.45) is 0 Å². The number of rotatable bonds is 2. The molecular formula is C10H8ClNO2. The van der Waals surface area contributed by atoms with E-state index in [1.165, 1.54) is 0 Å². The average molecular weight is 210 g/mol. The summed E-state index contributed by atoms with van der Waals surface area (Å²) in [5.41, 5.74) is 0.795. The van der Waals surface area contributed by atoms with E-state index in [4.69, 9.17) is 22.8 Å². The van der Waals surface area contributed by atoms with Gasteiger partial charge in [0.25, 0.3) is 0 Å². The summed E-state index contributed by atoms with van der Waals surface area (Å²) < 4.78 is 4.69. The van der Waals surface area contributed by atoms with Crippen molar-refractivity contribution in [2.45, 2.75) is 6.92 Å². The second-order valence-electron chi connectivity index (χ2n) is 2.56. The van der Waals surface area contributed by atoms with E-state index in [0.717, 1.165) is 0 Å². The maximum Gasteiger partial charge on any atom is 0.359 e. The lowest BCUT2D eigenvalue weighted by atomic mass is 10.3. The van der Waals surface area contributed by atoms with E-state index in [1.54, 1.807) is 19.1 Å². The molecular weight excluding hydrogens is 202 g/mol. The first-order valence-corrected chi connectivity index (χ1v) is 4.26. The molecule has 0 radical (unpaired) electrons. The number of terminal acetylenes is 1. The summed E-state index contributed by atoms with van der Waals surface area (Å²) in [4.78, 5) is 15.3. The standard InChI is InChI=1S/C10H8ClNO2/c1-3-6-14-10(13)9-8(11)5-4-7(2)12-9/h1,4-5H,6H2,2H3. The largest absolute Gasteiger partial charge is 0.448 e. The normalized spacial score (nSPS) is 9.21. The van der Waals surface area contributed by atoms with Gasteiger partial charge in [0, 0.05) is 5.69 Å². The number of aromatic nitrogens is 1. The third kappa shape index (κ3) is 2.48. The topological polar surface area (TPSA) is 39.2 Å². The van der Waals surface area contributed by atoms with E-state index in [-0.39, 0.29) is 17.3 Å². The maximum absolute atomic E-state index is 11.3. The zero-order valence-corrected chi connectivity index (χ0v) is 8.34. The van der Waals surface area contributed by atoms with Crippen molar-refractivity contribution in [1.82, 2.24) is 4.98 Å². The summed E-state index contributed by atoms with van der Waals surface area (Å²) >= 11 is 5.76. The van der Waals surface area contributed by atoms with E-state index in [0.29, 0.717) is 5.69 Å². The fraction of sp³-hybridized carbons (Fsp3) is 0.200. The first-order valence-electron chi connectivity index (χ1n) is 3.89. The first kappa shape index (κ1) is 10.6. The monoisotopic (exact) mass is 209 g/mol. The summed E-state index contributed by atoms with van der Waals surface area (Å²) in [6, 6.07) is 3.30. The summed E-state index contributed by atoms with van der Waals surface area (Å²) in [6.45, 7) is 1.68. The predicted octanol–water partition coefficient (Wildman–Crippen LogP) is 1.83. The second-order valence-corrected chi connectivity index (χ2v) is 2.97. The molecule has 1 heterocycles. The molecule has 0 spiro atoms. The van der Waals surface area contributed by atoms with Gasteiger partial charge >= 0.3 is 5.97 Å². The van der Waals surface area contributed by atoms with Crippen molar-refractivity contribution < 1.29 is 9.53 Å². The predicted molar refractivity (Wildman–Crippen MR) is 53.1 cm³/mol. The van der Waals surface area contributed by atoms with Crippen molar-refractivity contribution in [3.8, 4) is 12.3 Å². The van der Waals surface area contributed by atoms with Crippen molar-refractivity contribution >= 4 is 17.6 Å². The van der Waals surface area contributed by atoms with Crippen LogP contribution < -0.4 is 0 Å². The number of nitrogens with zero attached hydrogens (tertiary/aromatic N) is 1. The lowest BCUT2D eigenvalue weighted by molar-refractivity contribution is 0.0550. The van der Waals surface area contributed by atoms with Crippen LogP contribution in [0.2, 0.25) is 5.02 Å². The SMILES string of the molecule is C#CCOC(=O)c1nc(C)ccc1Cl. The Balaban J connectivity index is 2.90. The van der Waals surface area contributed by atoms with Crippen LogP contribution in [0.25, 0.3) is 0 Å². The molecule has 0 N–H and O–H groups in total. The summed E-state index contributed by atoms with van der Waals surface area (Å²) in [5.74, 6) is 1.59. The van der Waals surface area contributed by atoms with Gasteiger partial charge in [-0.15, -0.1) is 6.42 Å². The Bertz CT molecular complexity index is 396. The van der Waals surface area contributed by atoms with Crippen molar-refractivity contribution in [1.29, 1.82) is 0 Å². The third-order valence-corrected chi connectivity index (χ3v) is 1.77. The van der Waals surface area contributed by atoms with Crippen LogP contribution in [0, 0.1) is 19.3 Å². The molecule has 0 aliphatic heterocycles. The smallest absolute Gasteiger partial charge is 0.359 e. The highest BCUT2D eigenvalue weighted by Gasteiger charge is 2.13. The number of carbonyl (C=O) groups excluding carboxylic acids is 1. The third-order valence-electron chi connectivity index (χ3n) is 1.47. The molecule has 0 unspecified atom stereocenters. The van der Waals surface area contributed by atoms with Crippen molar-refractivity contribution in [2.75, 3.05) is 6.61 Å². The first-order chi connectivity index (χ1) is 6.65. The Morgan fingerprint density at radius 3 is 3.07 bits per heavy atom. The Labute approximate surface area is 87.1 Å². The van der Waals surface area contributed by atoms with E-state index in [2.05, 4.69) is 10.9 Å². The Kier molecular flexibility index (Phi) is 3.49. The summed E-state index contributed by atoms with van der Waals surface area (Å²) in [7, 11) is 0. The molecule has 72 valence electrons. The van der Waals surface area contributed by atoms with E-state index >= 15 is 0 Å². The lowest BCUT2D eigenvalue weighted by Crippen LogP contribution is -2.09. The van der Waals surface area contributed by atoms with Crippen LogP contribution in [-0.2, 0) is 4.74 Å². The van der Waals surface area contributed by atoms with Crippen LogP contribution >= 0.6 is 11.6 Å². The van der Waals surface area contributed by atoms with Crippen LogP contribution in [0.15, 0.2) is 12.1 Å². The highest BCUT2D eigenvalue weighted by Crippen LogP contribution is 2.14. The molecule has 0 aliphatic carbocycles. The van der Waals surface area contributed by atoms with Gasteiger partial charge in [0.05, 0.1) is 5.02 Å². The van der Waals surface area contributed by atoms with Gasteiger partial charge in [-0.2, -0.15) is 0 Å². The van der Waals surface area contributed by atoms with Crippen LogP contribution in [0.1, 0.15) is 16.2 Å². The van der Waals surface area contributed by atoms with Gasteiger partial charge in [-0.1, -0.05) is 17.5 Å². The molecule has 0 atom stereocenters. The minimum absolute atomic E-state index is 0.0786. The molecule has 0 fully saturated rings. The zero-order chi connectivity index (χ0) is 10.6. The highest BCUT2D eigenvalue weighted by atomic mass is 35.5. The maximum atomic E-state index is 11.3. The number of aryl methyl sites for hydroxylation is 1. The molecule has 4 heteroatoms. The van der Waals surface area contributed by atoms with Crippen LogP contribution in [-0.4, -0.2) is 17.6 Å². The Hall–Kier alpha value is -1.53. The number of hydrogen-bond donors (Lipinski definition) is 0. The quantitative estimate of drug-likeness (QED) is 0.551. The van der Waals surface area contributed by atoms with Gasteiger partial charge in [0.2, 0.25) is 0 Å². The van der Waals surface area contributed by atoms with Gasteiger partial charge < -0.3 is 4.74 Å². The lowest BCUT2D eigenvalue weighted by Gasteiger charge is -2.02. The Morgan fingerprint density at radius 2 is 2.43 bits per heavy atom. The zero-order valence-electron chi connectivity index (χ0n) is 7.58. The molecule has 1 rings (SSSR count). The minimum Gasteiger partial charge on any atom is -0.448 e. The van der Waals surface area contributed by atoms with Gasteiger partial charge in [-0.25, -0.2) is 9.78 Å². The number of carbonyl (C=O) groups is 1. The highest BCUT2D eigenvalue weighted by molar-refractivity contribution is 6.33. The van der Waals surface area contributed by atoms with Crippen LogP contribution in [0.4, 0.5) is 0 Å². The molecule has 14 heavy (non-hydrogen) atoms. The van der Waals surface area contributed by atoms with Crippen LogP contribution in [0.3, 0.4) is 0 Å². The second kappa shape index (κ2) is 4.64. The number of halogens is 1. The summed E-state index contributed by atoms with van der Waals surface area (Å²) in [5, 5.41) is 0.262. The number of esters is 1. The number of ether oxygens (including phenoxy) is 1. The van der Waals surface area contributed by atoms with Crippen LogP contribution in [0.5, 0.6) is 0 Å². The number of hydrogen-bond acceptors (Lipinski definition) is 3. The van der Waals surface area contributed by atoms with Gasteiger partial charge in [-0.05, 0) is 19.1 Å². The Morgan fingerprint density at radius 1 is 1.71 bits per heavy atom. The van der Waals surface area contributed by atoms with Gasteiger partial charge in [0.1, 0.15) is 0 Å². The molecule has 0 aromatic carbocycles. The molecule has 0 saturated carbocycles. The molecule has 0 saturated heterocycles. The fourth-order valence-electron chi connectivity index (χ4n) is 0.858. The molecule has 0 bridgehead atoms. The van der Waals surface area contributed by atoms with Crippen molar-refractivity contribution in [3.63, 3.8) is 0 Å². The molecule has 3 nitrogen and oxygen atoms in total. The minimum atomic E-state index is -0.600. The molecule has 0 aliphatic rings. The number of pyridine rings is 1. The van der Waals surface area contributed by atoms with E-state index < -0.39 is 5.97 Å². The molecule has 1 aromatic rings. The fourth-order valence-corrected chi connectivity index (χ4v) is 1.04. The van der Waals surface area contributed by atoms with Gasteiger partial charge in [0.15, 0.2) is 12.3 Å². The molecule has 0 amide bonds. The van der Waals surface area contributed by atoms with E-state index in [9.17, 15) is 4.79 Å². The van der Waals surface area contributed by atoms with E-state index in [1.807, 2.05) is 0 Å². The van der Waals surface area contributed by atoms with Gasteiger partial charge in [-0.3, -0.25) is 0 Å². The van der Waals surface area contributed by atoms with Crippen molar-refractivity contribution in [3.05, 3.63) is 28.5 Å². The summed E-state index contributed by atoms with van der Waals surface area (Å²) in [6.07, 6.45) is 4.94.